The lowest BCUT2D eigenvalue weighted by Crippen LogP contribution is -2.69. The Morgan fingerprint density at radius 1 is 0.780 bits per heavy atom. The van der Waals surface area contributed by atoms with Gasteiger partial charge in [0.25, 0.3) is 0 Å². The zero-order valence-corrected chi connectivity index (χ0v) is 34.0. The molecule has 2 aliphatic heterocycles. The van der Waals surface area contributed by atoms with Gasteiger partial charge in [0.2, 0.25) is 0 Å². The third-order valence-electron chi connectivity index (χ3n) is 10.5. The van der Waals surface area contributed by atoms with Crippen LogP contribution in [0.1, 0.15) is 81.6 Å². The predicted molar refractivity (Wildman–Crippen MR) is 188 cm³/mol. The van der Waals surface area contributed by atoms with Crippen LogP contribution in [-0.2, 0) is 22.8 Å². The van der Waals surface area contributed by atoms with E-state index in [2.05, 4.69) is 134 Å². The summed E-state index contributed by atoms with van der Waals surface area (Å²) < 4.78 is 37.8. The highest BCUT2D eigenvalue weighted by Gasteiger charge is 2.57. The van der Waals surface area contributed by atoms with Gasteiger partial charge in [-0.05, 0) is 83.8 Å². The molecule has 3 unspecified atom stereocenters. The van der Waals surface area contributed by atoms with Crippen molar-refractivity contribution in [2.45, 2.75) is 179 Å². The number of aliphatic hydroxyl groups is 1. The van der Waals surface area contributed by atoms with Crippen molar-refractivity contribution in [2.24, 2.45) is 0 Å². The van der Waals surface area contributed by atoms with Crippen LogP contribution in [0.3, 0.4) is 0 Å². The highest BCUT2D eigenvalue weighted by Crippen LogP contribution is 2.47. The summed E-state index contributed by atoms with van der Waals surface area (Å²) in [5.74, 6) is 0. The Balaban J connectivity index is 2.72. The van der Waals surface area contributed by atoms with Gasteiger partial charge in [-0.15, -0.1) is 0 Å². The SMILES string of the molecule is CC(C)(C)[Si](C)(C)OC(/C=C/I)[C@@H]1O[C@H]2CC[C@H](CCO)O[C@@H]2C(O[Si](C)(C)C(C)(C)C)C1O[Si](C)(C)C(C)(C)C. The number of hydrogen-bond acceptors (Lipinski definition) is 6. The molecule has 0 aromatic heterocycles. The van der Waals surface area contributed by atoms with Crippen molar-refractivity contribution >= 4 is 47.5 Å². The van der Waals surface area contributed by atoms with Gasteiger partial charge in [0, 0.05) is 6.61 Å². The van der Waals surface area contributed by atoms with Crippen LogP contribution < -0.4 is 0 Å². The van der Waals surface area contributed by atoms with Gasteiger partial charge in [-0.25, -0.2) is 0 Å². The van der Waals surface area contributed by atoms with E-state index in [0.717, 1.165) is 12.8 Å². The topological polar surface area (TPSA) is 66.4 Å². The third kappa shape index (κ3) is 9.22. The molecule has 2 heterocycles. The van der Waals surface area contributed by atoms with E-state index < -0.39 is 25.0 Å². The Kier molecular flexibility index (Phi) is 12.7. The minimum absolute atomic E-state index is 0.00560. The molecule has 0 spiro atoms. The van der Waals surface area contributed by atoms with Crippen LogP contribution in [0, 0.1) is 0 Å². The van der Waals surface area contributed by atoms with Gasteiger partial charge in [-0.2, -0.15) is 0 Å². The molecule has 0 radical (unpaired) electrons. The number of rotatable bonds is 10. The van der Waals surface area contributed by atoms with Crippen LogP contribution in [-0.4, -0.2) is 79.4 Å². The summed E-state index contributed by atoms with van der Waals surface area (Å²) in [6, 6.07) is 0. The smallest absolute Gasteiger partial charge is 0.193 e. The number of fused-ring (bicyclic) bond motifs is 1. The largest absolute Gasteiger partial charge is 0.408 e. The summed E-state index contributed by atoms with van der Waals surface area (Å²) in [5.41, 5.74) is 0. The summed E-state index contributed by atoms with van der Waals surface area (Å²) in [5, 5.41) is 9.83. The van der Waals surface area contributed by atoms with Gasteiger partial charge in [0.05, 0.1) is 18.3 Å². The molecule has 41 heavy (non-hydrogen) atoms. The zero-order chi connectivity index (χ0) is 31.8. The van der Waals surface area contributed by atoms with Crippen molar-refractivity contribution in [3.05, 3.63) is 10.2 Å². The number of halogens is 1. The van der Waals surface area contributed by atoms with E-state index in [1.165, 1.54) is 0 Å². The summed E-state index contributed by atoms with van der Waals surface area (Å²) >= 11 is 2.30. The molecule has 0 aliphatic carbocycles. The number of hydrogen-bond donors (Lipinski definition) is 1. The fourth-order valence-corrected chi connectivity index (χ4v) is 8.97. The Morgan fingerprint density at radius 2 is 1.27 bits per heavy atom. The van der Waals surface area contributed by atoms with E-state index >= 15 is 0 Å². The second kappa shape index (κ2) is 13.7. The third-order valence-corrected chi connectivity index (χ3v) is 24.4. The maximum atomic E-state index is 9.74. The van der Waals surface area contributed by atoms with Gasteiger partial charge in [-0.1, -0.05) is 84.9 Å². The molecule has 7 atom stereocenters. The molecule has 0 bridgehead atoms. The molecule has 0 saturated carbocycles. The van der Waals surface area contributed by atoms with Gasteiger partial charge in [0.1, 0.15) is 24.4 Å². The molecule has 0 aromatic rings. The van der Waals surface area contributed by atoms with Gasteiger partial charge >= 0.3 is 0 Å². The van der Waals surface area contributed by atoms with Crippen LogP contribution in [0.4, 0.5) is 0 Å². The first-order valence-electron chi connectivity index (χ1n) is 15.6. The first-order chi connectivity index (χ1) is 18.4. The van der Waals surface area contributed by atoms with Crippen LogP contribution in [0.5, 0.6) is 0 Å². The first-order valence-corrected chi connectivity index (χ1v) is 25.6. The summed E-state index contributed by atoms with van der Waals surface area (Å²) in [4.78, 5) is 0. The Labute approximate surface area is 269 Å². The minimum Gasteiger partial charge on any atom is -0.408 e. The van der Waals surface area contributed by atoms with E-state index in [0.29, 0.717) is 6.42 Å². The van der Waals surface area contributed by atoms with Crippen molar-refractivity contribution in [1.82, 2.24) is 0 Å². The standard InChI is InChI=1S/C31H63IO6Si3/c1-29(2,3)39(10,11)36-24(18-20-32)26-28(38-41(14,15)31(7,8)9)27(37-40(12,13)30(4,5)6)25-23(35-26)17-16-22(34-25)19-21-33/h18,20,22-28,33H,16-17,19,21H2,1-15H3/b20-18+/t22-,23+,24?,25+,26+,27?,28?/m1/s1. The molecule has 242 valence electrons. The van der Waals surface area contributed by atoms with Crippen molar-refractivity contribution in [2.75, 3.05) is 6.61 Å². The monoisotopic (exact) mass is 742 g/mol. The summed E-state index contributed by atoms with van der Waals surface area (Å²) in [6.45, 7) is 34.6. The molecule has 6 nitrogen and oxygen atoms in total. The maximum absolute atomic E-state index is 9.74. The molecular weight excluding hydrogens is 679 g/mol. The van der Waals surface area contributed by atoms with Gasteiger partial charge in [-0.3, -0.25) is 0 Å². The highest BCUT2D eigenvalue weighted by molar-refractivity contribution is 14.1. The average molecular weight is 743 g/mol. The quantitative estimate of drug-likeness (QED) is 0.178. The molecular formula is C31H63IO6Si3. The molecule has 10 heteroatoms. The lowest BCUT2D eigenvalue weighted by atomic mass is 9.87. The second-order valence-electron chi connectivity index (χ2n) is 16.8. The lowest BCUT2D eigenvalue weighted by molar-refractivity contribution is -0.267. The minimum atomic E-state index is -2.26. The van der Waals surface area contributed by atoms with E-state index in [-0.39, 0.29) is 64.4 Å². The molecule has 0 aromatic carbocycles. The van der Waals surface area contributed by atoms with E-state index in [9.17, 15) is 5.11 Å². The lowest BCUT2D eigenvalue weighted by Gasteiger charge is -2.56. The summed E-state index contributed by atoms with van der Waals surface area (Å²) in [6.07, 6.45) is 2.94. The molecule has 0 amide bonds. The fourth-order valence-electron chi connectivity index (χ4n) is 4.71. The van der Waals surface area contributed by atoms with Crippen molar-refractivity contribution in [3.8, 4) is 0 Å². The van der Waals surface area contributed by atoms with Crippen LogP contribution in [0.2, 0.25) is 54.4 Å². The Hall–Kier alpha value is 0.881. The molecule has 1 N–H and O–H groups in total. The highest BCUT2D eigenvalue weighted by atomic mass is 127. The molecule has 2 saturated heterocycles. The van der Waals surface area contributed by atoms with E-state index in [4.69, 9.17) is 22.8 Å². The Bertz CT molecular complexity index is 875. The zero-order valence-electron chi connectivity index (χ0n) is 28.9. The van der Waals surface area contributed by atoms with E-state index in [1.54, 1.807) is 0 Å². The number of aliphatic hydroxyl groups excluding tert-OH is 1. The fraction of sp³-hybridized carbons (Fsp3) is 0.935. The normalized spacial score (nSPS) is 30.0. The first kappa shape index (κ1) is 38.1. The molecule has 2 fully saturated rings. The second-order valence-corrected chi connectivity index (χ2v) is 31.8. The predicted octanol–water partition coefficient (Wildman–Crippen LogP) is 8.80. The number of ether oxygens (including phenoxy) is 2. The molecule has 2 rings (SSSR count). The van der Waals surface area contributed by atoms with Gasteiger partial charge < -0.3 is 27.9 Å². The summed E-state index contributed by atoms with van der Waals surface area (Å²) in [7, 11) is -6.64. The average Bonchev–Trinajstić information content (AvgIpc) is 2.78. The van der Waals surface area contributed by atoms with E-state index in [1.807, 2.05) is 0 Å². The Morgan fingerprint density at radius 3 is 1.71 bits per heavy atom. The van der Waals surface area contributed by atoms with Crippen LogP contribution >= 0.6 is 22.6 Å². The van der Waals surface area contributed by atoms with Crippen molar-refractivity contribution in [3.63, 3.8) is 0 Å². The van der Waals surface area contributed by atoms with Crippen LogP contribution in [0.25, 0.3) is 0 Å². The molecule has 2 aliphatic rings. The van der Waals surface area contributed by atoms with Crippen molar-refractivity contribution < 1.29 is 27.9 Å². The van der Waals surface area contributed by atoms with Crippen molar-refractivity contribution in [1.29, 1.82) is 0 Å². The van der Waals surface area contributed by atoms with Gasteiger partial charge in [0.15, 0.2) is 25.0 Å². The van der Waals surface area contributed by atoms with Crippen LogP contribution in [0.15, 0.2) is 10.2 Å². The maximum Gasteiger partial charge on any atom is 0.193 e.